The van der Waals surface area contributed by atoms with Crippen LogP contribution in [0.15, 0.2) is 0 Å². The smallest absolute Gasteiger partial charge is 0.394 e. The van der Waals surface area contributed by atoms with Crippen LogP contribution in [0.3, 0.4) is 0 Å². The van der Waals surface area contributed by atoms with Crippen LogP contribution in [0.1, 0.15) is 0 Å². The summed E-state index contributed by atoms with van der Waals surface area (Å²) >= 11 is 0. The highest BCUT2D eigenvalue weighted by atomic mass is 19.4. The third kappa shape index (κ3) is 10.8. The van der Waals surface area contributed by atoms with Gasteiger partial charge in [-0.15, -0.1) is 0 Å². The molecule has 0 saturated carbocycles. The van der Waals surface area contributed by atoms with E-state index in [-0.39, 0.29) is 46.2 Å². The molecule has 194 valence electrons. The van der Waals surface area contributed by atoms with E-state index in [2.05, 4.69) is 9.47 Å². The number of ether oxygens (including phenoxy) is 6. The summed E-state index contributed by atoms with van der Waals surface area (Å²) in [5, 5.41) is 8.47. The van der Waals surface area contributed by atoms with Gasteiger partial charge in [-0.3, -0.25) is 0 Å². The van der Waals surface area contributed by atoms with Crippen LogP contribution < -0.4 is 0 Å². The van der Waals surface area contributed by atoms with Crippen LogP contribution in [0, 0.1) is 0 Å². The van der Waals surface area contributed by atoms with Crippen molar-refractivity contribution in [1.82, 2.24) is 0 Å². The summed E-state index contributed by atoms with van der Waals surface area (Å²) in [6.07, 6.45) is -13.0. The molecule has 0 bridgehead atoms. The lowest BCUT2D eigenvalue weighted by atomic mass is 10.1. The van der Waals surface area contributed by atoms with Gasteiger partial charge in [0.2, 0.25) is 0 Å². The van der Waals surface area contributed by atoms with Crippen LogP contribution >= 0.6 is 0 Å². The Labute approximate surface area is 177 Å². The summed E-state index contributed by atoms with van der Waals surface area (Å²) in [5.41, 5.74) is 0. The molecule has 0 heterocycles. The molecule has 0 aliphatic carbocycles. The van der Waals surface area contributed by atoms with Crippen LogP contribution in [-0.2, 0) is 28.4 Å². The molecule has 32 heavy (non-hydrogen) atoms. The fraction of sp³-hybridized carbons (Fsp3) is 1.00. The van der Waals surface area contributed by atoms with Crippen LogP contribution in [-0.4, -0.2) is 109 Å². The Kier molecular flexibility index (Phi) is 14.7. The summed E-state index contributed by atoms with van der Waals surface area (Å²) in [4.78, 5) is 0. The fourth-order valence-electron chi connectivity index (χ4n) is 1.73. The van der Waals surface area contributed by atoms with Gasteiger partial charge in [0.15, 0.2) is 0 Å². The molecule has 7 nitrogen and oxygen atoms in total. The zero-order chi connectivity index (χ0) is 24.7. The SMILES string of the molecule is OCCOCCOCCOCCOCCOCCOC(F)(F)C(F)(F)C(F)(F)C(F)(F)F. The standard InChI is InChI=1S/C16H25F9O7/c17-13(18,15(21,22)23)14(19,20)16(24,25)32-12-11-31-10-9-30-8-7-29-6-5-28-4-3-27-2-1-26/h26H,1-12H2. The van der Waals surface area contributed by atoms with E-state index in [1.165, 1.54) is 0 Å². The van der Waals surface area contributed by atoms with E-state index in [0.717, 1.165) is 0 Å². The molecule has 0 aromatic rings. The molecule has 0 spiro atoms. The molecular weight excluding hydrogens is 475 g/mol. The van der Waals surface area contributed by atoms with Crippen LogP contribution in [0.4, 0.5) is 39.5 Å². The Morgan fingerprint density at radius 1 is 0.438 bits per heavy atom. The number of hydrogen-bond acceptors (Lipinski definition) is 7. The Bertz CT molecular complexity index is 479. The number of aliphatic hydroxyl groups is 1. The molecule has 16 heteroatoms. The van der Waals surface area contributed by atoms with Crippen LogP contribution in [0.2, 0.25) is 0 Å². The second kappa shape index (κ2) is 15.1. The van der Waals surface area contributed by atoms with E-state index in [4.69, 9.17) is 24.1 Å². The maximum absolute atomic E-state index is 13.1. The van der Waals surface area contributed by atoms with Gasteiger partial charge in [0.25, 0.3) is 0 Å². The lowest BCUT2D eigenvalue weighted by molar-refractivity contribution is -0.444. The first-order chi connectivity index (χ1) is 14.8. The summed E-state index contributed by atoms with van der Waals surface area (Å²) in [6.45, 7) is -0.786. The minimum absolute atomic E-state index is 0.0687. The van der Waals surface area contributed by atoms with E-state index < -0.39 is 37.3 Å². The minimum Gasteiger partial charge on any atom is -0.394 e. The molecule has 0 aliphatic heterocycles. The molecule has 0 radical (unpaired) electrons. The van der Waals surface area contributed by atoms with Crippen molar-refractivity contribution in [2.45, 2.75) is 24.1 Å². The van der Waals surface area contributed by atoms with Gasteiger partial charge in [-0.1, -0.05) is 0 Å². The first kappa shape index (κ1) is 31.1. The van der Waals surface area contributed by atoms with Crippen molar-refractivity contribution in [3.63, 3.8) is 0 Å². The largest absolute Gasteiger partial charge is 0.460 e. The topological polar surface area (TPSA) is 75.6 Å². The minimum atomic E-state index is -7.00. The Hall–Kier alpha value is -0.910. The molecule has 0 saturated heterocycles. The predicted octanol–water partition coefficient (Wildman–Crippen LogP) is 2.50. The van der Waals surface area contributed by atoms with Crippen molar-refractivity contribution in [2.24, 2.45) is 0 Å². The molecule has 0 unspecified atom stereocenters. The van der Waals surface area contributed by atoms with Gasteiger partial charge in [-0.25, -0.2) is 0 Å². The Morgan fingerprint density at radius 2 is 0.750 bits per heavy atom. The highest BCUT2D eigenvalue weighted by Crippen LogP contribution is 2.53. The quantitative estimate of drug-likeness (QED) is 0.204. The second-order valence-electron chi connectivity index (χ2n) is 5.80. The van der Waals surface area contributed by atoms with Crippen molar-refractivity contribution < 1.29 is 73.0 Å². The normalized spacial score (nSPS) is 13.7. The molecule has 0 atom stereocenters. The van der Waals surface area contributed by atoms with Crippen molar-refractivity contribution >= 4 is 0 Å². The highest BCUT2D eigenvalue weighted by molar-refractivity contribution is 4.96. The molecule has 0 aromatic carbocycles. The van der Waals surface area contributed by atoms with Gasteiger partial charge in [0, 0.05) is 0 Å². The fourth-order valence-corrected chi connectivity index (χ4v) is 1.73. The van der Waals surface area contributed by atoms with Gasteiger partial charge in [0.1, 0.15) is 0 Å². The second-order valence-corrected chi connectivity index (χ2v) is 5.80. The predicted molar refractivity (Wildman–Crippen MR) is 88.0 cm³/mol. The number of halogens is 9. The lowest BCUT2D eigenvalue weighted by Crippen LogP contribution is -2.61. The van der Waals surface area contributed by atoms with Crippen LogP contribution in [0.25, 0.3) is 0 Å². The van der Waals surface area contributed by atoms with Crippen LogP contribution in [0.5, 0.6) is 0 Å². The maximum Gasteiger partial charge on any atom is 0.460 e. The third-order valence-corrected chi connectivity index (χ3v) is 3.35. The van der Waals surface area contributed by atoms with Crippen molar-refractivity contribution in [3.05, 3.63) is 0 Å². The number of alkyl halides is 9. The maximum atomic E-state index is 13.1. The molecule has 0 rings (SSSR count). The highest BCUT2D eigenvalue weighted by Gasteiger charge is 2.82. The van der Waals surface area contributed by atoms with E-state index in [9.17, 15) is 39.5 Å². The van der Waals surface area contributed by atoms with Gasteiger partial charge in [-0.2, -0.15) is 39.5 Å². The zero-order valence-electron chi connectivity index (χ0n) is 16.8. The molecule has 0 amide bonds. The summed E-state index contributed by atoms with van der Waals surface area (Å²) in [7, 11) is 0. The average Bonchev–Trinajstić information content (AvgIpc) is 2.69. The zero-order valence-corrected chi connectivity index (χ0v) is 16.8. The first-order valence-electron chi connectivity index (χ1n) is 9.15. The van der Waals surface area contributed by atoms with E-state index in [1.54, 1.807) is 0 Å². The Morgan fingerprint density at radius 3 is 1.06 bits per heavy atom. The van der Waals surface area contributed by atoms with Gasteiger partial charge in [0.05, 0.1) is 79.3 Å². The third-order valence-electron chi connectivity index (χ3n) is 3.35. The molecule has 0 aromatic heterocycles. The van der Waals surface area contributed by atoms with Crippen molar-refractivity contribution in [3.8, 4) is 0 Å². The monoisotopic (exact) mass is 500 g/mol. The number of aliphatic hydroxyl groups excluding tert-OH is 1. The van der Waals surface area contributed by atoms with Crippen molar-refractivity contribution in [2.75, 3.05) is 79.3 Å². The van der Waals surface area contributed by atoms with Gasteiger partial charge >= 0.3 is 24.1 Å². The molecule has 1 N–H and O–H groups in total. The summed E-state index contributed by atoms with van der Waals surface area (Å²) < 4.78 is 141. The molecule has 0 fully saturated rings. The number of hydrogen-bond donors (Lipinski definition) is 1. The van der Waals surface area contributed by atoms with E-state index in [1.807, 2.05) is 0 Å². The van der Waals surface area contributed by atoms with E-state index in [0.29, 0.717) is 19.8 Å². The molecular formula is C16H25F9O7. The summed E-state index contributed by atoms with van der Waals surface area (Å²) in [6, 6.07) is 0. The van der Waals surface area contributed by atoms with Gasteiger partial charge < -0.3 is 33.5 Å². The Balaban J connectivity index is 3.74. The average molecular weight is 500 g/mol. The lowest BCUT2D eigenvalue weighted by Gasteiger charge is -2.32. The van der Waals surface area contributed by atoms with E-state index >= 15 is 0 Å². The van der Waals surface area contributed by atoms with Crippen molar-refractivity contribution in [1.29, 1.82) is 0 Å². The first-order valence-corrected chi connectivity index (χ1v) is 9.15. The van der Waals surface area contributed by atoms with Gasteiger partial charge in [-0.05, 0) is 0 Å². The number of rotatable bonds is 20. The summed E-state index contributed by atoms with van der Waals surface area (Å²) in [5.74, 6) is -13.8. The molecule has 0 aliphatic rings.